The lowest BCUT2D eigenvalue weighted by atomic mass is 10.2. The Morgan fingerprint density at radius 2 is 2.35 bits per heavy atom. The zero-order chi connectivity index (χ0) is 14.7. The zero-order valence-electron chi connectivity index (χ0n) is 11.8. The monoisotopic (exact) mass is 280 g/mol. The van der Waals surface area contributed by atoms with Gasteiger partial charge in [0, 0.05) is 38.3 Å². The van der Waals surface area contributed by atoms with Gasteiger partial charge >= 0.3 is 0 Å². The minimum Gasteiger partial charge on any atom is -0.337 e. The predicted molar refractivity (Wildman–Crippen MR) is 74.7 cm³/mol. The van der Waals surface area contributed by atoms with Crippen molar-refractivity contribution in [1.29, 1.82) is 0 Å². The number of carbonyl (C=O) groups excluding carboxylic acids is 1. The van der Waals surface area contributed by atoms with E-state index in [1.54, 1.807) is 9.47 Å². The van der Waals surface area contributed by atoms with Crippen molar-refractivity contribution in [1.82, 2.24) is 14.8 Å². The van der Waals surface area contributed by atoms with Crippen LogP contribution in [-0.2, 0) is 6.54 Å². The van der Waals surface area contributed by atoms with E-state index in [1.165, 1.54) is 12.3 Å². The lowest BCUT2D eigenvalue weighted by Crippen LogP contribution is -2.52. The quantitative estimate of drug-likeness (QED) is 0.664. The summed E-state index contributed by atoms with van der Waals surface area (Å²) in [6.45, 7) is 6.70. The average Bonchev–Trinajstić information content (AvgIpc) is 2.83. The van der Waals surface area contributed by atoms with Crippen LogP contribution >= 0.6 is 0 Å². The van der Waals surface area contributed by atoms with Crippen molar-refractivity contribution in [2.24, 2.45) is 0 Å². The van der Waals surface area contributed by atoms with Crippen LogP contribution in [0.15, 0.2) is 12.3 Å². The maximum atomic E-state index is 12.6. The van der Waals surface area contributed by atoms with Crippen molar-refractivity contribution in [2.75, 3.05) is 19.6 Å². The highest BCUT2D eigenvalue weighted by molar-refractivity contribution is 5.94. The molecule has 1 aromatic heterocycles. The maximum Gasteiger partial charge on any atom is 0.287 e. The van der Waals surface area contributed by atoms with E-state index in [0.717, 1.165) is 19.5 Å². The maximum absolute atomic E-state index is 12.6. The summed E-state index contributed by atoms with van der Waals surface area (Å²) in [5.41, 5.74) is 0.386. The van der Waals surface area contributed by atoms with Gasteiger partial charge in [-0.05, 0) is 13.3 Å². The van der Waals surface area contributed by atoms with Gasteiger partial charge in [-0.2, -0.15) is 0 Å². The van der Waals surface area contributed by atoms with Crippen molar-refractivity contribution in [3.8, 4) is 0 Å². The third-order valence-electron chi connectivity index (χ3n) is 3.54. The van der Waals surface area contributed by atoms with Crippen LogP contribution in [0.2, 0.25) is 0 Å². The smallest absolute Gasteiger partial charge is 0.287 e. The normalized spacial score (nSPS) is 19.1. The van der Waals surface area contributed by atoms with Gasteiger partial charge in [-0.15, -0.1) is 0 Å². The fourth-order valence-electron chi connectivity index (χ4n) is 2.49. The van der Waals surface area contributed by atoms with E-state index in [4.69, 9.17) is 0 Å². The highest BCUT2D eigenvalue weighted by Crippen LogP contribution is 2.20. The molecule has 1 N–H and O–H groups in total. The van der Waals surface area contributed by atoms with Crippen molar-refractivity contribution in [3.63, 3.8) is 0 Å². The second-order valence-electron chi connectivity index (χ2n) is 5.09. The number of nitrogens with zero attached hydrogens (tertiary/aromatic N) is 3. The minimum absolute atomic E-state index is 0.0235. The molecule has 110 valence electrons. The molecule has 1 aromatic rings. The van der Waals surface area contributed by atoms with Crippen molar-refractivity contribution >= 4 is 11.6 Å². The van der Waals surface area contributed by atoms with Crippen LogP contribution in [0.1, 0.15) is 30.8 Å². The fourth-order valence-corrected chi connectivity index (χ4v) is 2.49. The van der Waals surface area contributed by atoms with Crippen LogP contribution in [0.25, 0.3) is 0 Å². The molecule has 1 atom stereocenters. The second kappa shape index (κ2) is 6.04. The molecule has 1 aliphatic rings. The first-order valence-corrected chi connectivity index (χ1v) is 6.90. The largest absolute Gasteiger partial charge is 0.337 e. The minimum atomic E-state index is -0.454. The molecule has 7 heteroatoms. The number of aromatic nitrogens is 1. The number of piperazine rings is 1. The molecule has 2 rings (SSSR count). The van der Waals surface area contributed by atoms with E-state index in [1.807, 2.05) is 13.8 Å². The van der Waals surface area contributed by atoms with Crippen LogP contribution in [-0.4, -0.2) is 46.0 Å². The molecule has 0 radical (unpaired) electrons. The third-order valence-corrected chi connectivity index (χ3v) is 3.54. The van der Waals surface area contributed by atoms with Gasteiger partial charge in [-0.25, -0.2) is 0 Å². The lowest BCUT2D eigenvalue weighted by Gasteiger charge is -2.34. The molecular formula is C13H20N4O3. The van der Waals surface area contributed by atoms with Gasteiger partial charge in [0.05, 0.1) is 11.1 Å². The van der Waals surface area contributed by atoms with Gasteiger partial charge in [0.1, 0.15) is 5.69 Å². The molecule has 0 saturated carbocycles. The summed E-state index contributed by atoms with van der Waals surface area (Å²) in [5.74, 6) is -0.124. The summed E-state index contributed by atoms with van der Waals surface area (Å²) in [4.78, 5) is 24.8. The number of nitrogens with one attached hydrogen (secondary N) is 1. The van der Waals surface area contributed by atoms with Crippen LogP contribution < -0.4 is 5.32 Å². The van der Waals surface area contributed by atoms with E-state index in [9.17, 15) is 14.9 Å². The van der Waals surface area contributed by atoms with Gasteiger partial charge in [0.2, 0.25) is 0 Å². The summed E-state index contributed by atoms with van der Waals surface area (Å²) in [6, 6.07) is 1.48. The number of aryl methyl sites for hydroxylation is 1. The summed E-state index contributed by atoms with van der Waals surface area (Å²) in [5, 5.41) is 14.1. The van der Waals surface area contributed by atoms with Crippen molar-refractivity contribution < 1.29 is 9.72 Å². The van der Waals surface area contributed by atoms with Gasteiger partial charge in [0.25, 0.3) is 11.6 Å². The summed E-state index contributed by atoms with van der Waals surface area (Å²) in [6.07, 6.45) is 2.27. The molecule has 1 fully saturated rings. The summed E-state index contributed by atoms with van der Waals surface area (Å²) >= 11 is 0. The van der Waals surface area contributed by atoms with Crippen LogP contribution in [0.5, 0.6) is 0 Å². The number of amides is 1. The first-order chi connectivity index (χ1) is 9.54. The Hall–Kier alpha value is -1.89. The van der Waals surface area contributed by atoms with Gasteiger partial charge in [0.15, 0.2) is 0 Å². The third kappa shape index (κ3) is 2.82. The molecular weight excluding hydrogens is 260 g/mol. The van der Waals surface area contributed by atoms with Crippen molar-refractivity contribution in [3.05, 3.63) is 28.1 Å². The lowest BCUT2D eigenvalue weighted by molar-refractivity contribution is -0.384. The number of nitro groups is 1. The van der Waals surface area contributed by atoms with Crippen molar-refractivity contribution in [2.45, 2.75) is 32.9 Å². The summed E-state index contributed by atoms with van der Waals surface area (Å²) in [7, 11) is 0. The molecule has 0 aromatic carbocycles. The highest BCUT2D eigenvalue weighted by atomic mass is 16.6. The first-order valence-electron chi connectivity index (χ1n) is 6.90. The first kappa shape index (κ1) is 14.5. The SMILES string of the molecule is CCCn1cc([N+](=O)[O-])cc1C(=O)N1CCNCC1C. The summed E-state index contributed by atoms with van der Waals surface area (Å²) < 4.78 is 1.69. The molecule has 0 spiro atoms. The Morgan fingerprint density at radius 1 is 1.60 bits per heavy atom. The molecule has 1 unspecified atom stereocenters. The Bertz CT molecular complexity index is 512. The van der Waals surface area contributed by atoms with Gasteiger partial charge < -0.3 is 14.8 Å². The Morgan fingerprint density at radius 3 is 2.95 bits per heavy atom. The van der Waals surface area contributed by atoms with Crippen LogP contribution in [0.4, 0.5) is 5.69 Å². The molecule has 0 bridgehead atoms. The van der Waals surface area contributed by atoms with Crippen LogP contribution in [0.3, 0.4) is 0 Å². The Kier molecular flexibility index (Phi) is 4.39. The van der Waals surface area contributed by atoms with E-state index in [2.05, 4.69) is 5.32 Å². The average molecular weight is 280 g/mol. The number of carbonyl (C=O) groups is 1. The standard InChI is InChI=1S/C13H20N4O3/c1-3-5-15-9-11(17(19)20)7-12(15)13(18)16-6-4-14-8-10(16)2/h7,9-10,14H,3-6,8H2,1-2H3. The zero-order valence-corrected chi connectivity index (χ0v) is 11.8. The predicted octanol–water partition coefficient (Wildman–Crippen LogP) is 1.24. The topological polar surface area (TPSA) is 80.4 Å². The molecule has 20 heavy (non-hydrogen) atoms. The molecule has 0 aliphatic carbocycles. The van der Waals surface area contributed by atoms with Gasteiger partial charge in [-0.1, -0.05) is 6.92 Å². The molecule has 1 saturated heterocycles. The fraction of sp³-hybridized carbons (Fsp3) is 0.615. The number of hydrogen-bond donors (Lipinski definition) is 1. The Labute approximate surface area is 117 Å². The van der Waals surface area contributed by atoms with E-state index in [0.29, 0.717) is 18.8 Å². The number of rotatable bonds is 4. The molecule has 7 nitrogen and oxygen atoms in total. The van der Waals surface area contributed by atoms with E-state index < -0.39 is 4.92 Å². The molecule has 1 aliphatic heterocycles. The van der Waals surface area contributed by atoms with Crippen LogP contribution in [0, 0.1) is 10.1 Å². The van der Waals surface area contributed by atoms with E-state index >= 15 is 0 Å². The van der Waals surface area contributed by atoms with Gasteiger partial charge in [-0.3, -0.25) is 14.9 Å². The van der Waals surface area contributed by atoms with E-state index in [-0.39, 0.29) is 17.6 Å². The highest BCUT2D eigenvalue weighted by Gasteiger charge is 2.28. The molecule has 2 heterocycles. The Balaban J connectivity index is 2.29. The second-order valence-corrected chi connectivity index (χ2v) is 5.09. The molecule has 1 amide bonds. The number of hydrogen-bond acceptors (Lipinski definition) is 4.